The van der Waals surface area contributed by atoms with Crippen LogP contribution in [-0.2, 0) is 0 Å². The van der Waals surface area contributed by atoms with Gasteiger partial charge in [0.1, 0.15) is 12.4 Å². The summed E-state index contributed by atoms with van der Waals surface area (Å²) in [6, 6.07) is 8.29. The third-order valence-electron chi connectivity index (χ3n) is 1.43. The molecule has 1 unspecified atom stereocenters. The molecule has 0 heterocycles. The zero-order valence-electron chi connectivity index (χ0n) is 6.79. The Kier molecular flexibility index (Phi) is 3.61. The van der Waals surface area contributed by atoms with Gasteiger partial charge in [0, 0.05) is 0 Å². The van der Waals surface area contributed by atoms with E-state index in [9.17, 15) is 13.2 Å². The molecule has 13 heavy (non-hydrogen) atoms. The minimum Gasteiger partial charge on any atom is -0.490 e. The first kappa shape index (κ1) is 9.89. The van der Waals surface area contributed by atoms with Crippen molar-refractivity contribution in [2.45, 2.75) is 12.6 Å². The number of hydrogen-bond acceptors (Lipinski definition) is 1. The summed E-state index contributed by atoms with van der Waals surface area (Å²) in [5, 5.41) is 0. The van der Waals surface area contributed by atoms with Crippen LogP contribution in [0.25, 0.3) is 0 Å². The average molecular weight is 190 g/mol. The fourth-order valence-electron chi connectivity index (χ4n) is 0.765. The van der Waals surface area contributed by atoms with Gasteiger partial charge in [0.15, 0.2) is 6.17 Å². The van der Waals surface area contributed by atoms with Crippen molar-refractivity contribution in [2.24, 2.45) is 0 Å². The molecule has 0 spiro atoms. The molecule has 0 aliphatic rings. The molecule has 1 rings (SSSR count). The Morgan fingerprint density at radius 3 is 2.23 bits per heavy atom. The SMILES string of the molecule is FC(F)C(F)COc1ccccc1. The van der Waals surface area contributed by atoms with Crippen LogP contribution in [0.4, 0.5) is 13.2 Å². The minimum atomic E-state index is -2.98. The van der Waals surface area contributed by atoms with Gasteiger partial charge in [-0.3, -0.25) is 0 Å². The quantitative estimate of drug-likeness (QED) is 0.709. The maximum Gasteiger partial charge on any atom is 0.272 e. The molecule has 0 saturated carbocycles. The van der Waals surface area contributed by atoms with Gasteiger partial charge in [-0.2, -0.15) is 0 Å². The summed E-state index contributed by atoms with van der Waals surface area (Å²) >= 11 is 0. The Morgan fingerprint density at radius 1 is 1.08 bits per heavy atom. The first-order valence-electron chi connectivity index (χ1n) is 3.80. The van der Waals surface area contributed by atoms with E-state index in [-0.39, 0.29) is 0 Å². The highest BCUT2D eigenvalue weighted by molar-refractivity contribution is 5.20. The normalized spacial score (nSPS) is 12.9. The lowest BCUT2D eigenvalue weighted by Crippen LogP contribution is -2.20. The highest BCUT2D eigenvalue weighted by Gasteiger charge is 2.19. The average Bonchev–Trinajstić information content (AvgIpc) is 2.15. The highest BCUT2D eigenvalue weighted by atomic mass is 19.3. The van der Waals surface area contributed by atoms with Crippen molar-refractivity contribution >= 4 is 0 Å². The molecule has 1 nitrogen and oxygen atoms in total. The first-order valence-corrected chi connectivity index (χ1v) is 3.80. The number of para-hydroxylation sites is 1. The predicted molar refractivity (Wildman–Crippen MR) is 42.8 cm³/mol. The van der Waals surface area contributed by atoms with Crippen molar-refractivity contribution in [2.75, 3.05) is 6.61 Å². The van der Waals surface area contributed by atoms with Crippen LogP contribution in [0.5, 0.6) is 5.75 Å². The van der Waals surface area contributed by atoms with Crippen molar-refractivity contribution in [1.29, 1.82) is 0 Å². The summed E-state index contributed by atoms with van der Waals surface area (Å²) in [7, 11) is 0. The summed E-state index contributed by atoms with van der Waals surface area (Å²) in [5.41, 5.74) is 0. The lowest BCUT2D eigenvalue weighted by Gasteiger charge is -2.08. The smallest absolute Gasteiger partial charge is 0.272 e. The molecule has 0 saturated heterocycles. The lowest BCUT2D eigenvalue weighted by atomic mass is 10.3. The van der Waals surface area contributed by atoms with Gasteiger partial charge in [0.05, 0.1) is 0 Å². The number of hydrogen-bond donors (Lipinski definition) is 0. The molecule has 1 aromatic carbocycles. The molecule has 0 N–H and O–H groups in total. The second-order valence-corrected chi connectivity index (χ2v) is 2.47. The topological polar surface area (TPSA) is 9.23 Å². The Balaban J connectivity index is 2.35. The molecule has 0 radical (unpaired) electrons. The first-order chi connectivity index (χ1) is 6.20. The summed E-state index contributed by atoms with van der Waals surface area (Å²) in [6.07, 6.45) is -5.20. The molecular weight excluding hydrogens is 181 g/mol. The standard InChI is InChI=1S/C9H9F3O/c10-8(9(11)12)6-13-7-4-2-1-3-5-7/h1-5,8-9H,6H2. The van der Waals surface area contributed by atoms with Gasteiger partial charge >= 0.3 is 0 Å². The van der Waals surface area contributed by atoms with Gasteiger partial charge in [-0.15, -0.1) is 0 Å². The van der Waals surface area contributed by atoms with Crippen LogP contribution in [0.1, 0.15) is 0 Å². The Morgan fingerprint density at radius 2 is 1.69 bits per heavy atom. The maximum atomic E-state index is 12.3. The van der Waals surface area contributed by atoms with E-state index in [0.717, 1.165) is 0 Å². The molecule has 1 atom stereocenters. The van der Waals surface area contributed by atoms with E-state index in [1.807, 2.05) is 0 Å². The Labute approximate surface area is 74.1 Å². The molecule has 1 aromatic rings. The van der Waals surface area contributed by atoms with Crippen molar-refractivity contribution in [1.82, 2.24) is 0 Å². The fourth-order valence-corrected chi connectivity index (χ4v) is 0.765. The molecule has 0 aliphatic carbocycles. The Hall–Kier alpha value is -1.19. The van der Waals surface area contributed by atoms with E-state index in [1.54, 1.807) is 30.3 Å². The summed E-state index contributed by atoms with van der Waals surface area (Å²) < 4.78 is 40.5. The number of ether oxygens (including phenoxy) is 1. The van der Waals surface area contributed by atoms with Crippen LogP contribution in [0.3, 0.4) is 0 Å². The van der Waals surface area contributed by atoms with Crippen LogP contribution in [-0.4, -0.2) is 19.2 Å². The maximum absolute atomic E-state index is 12.3. The predicted octanol–water partition coefficient (Wildman–Crippen LogP) is 2.67. The van der Waals surface area contributed by atoms with Crippen molar-refractivity contribution in [3.05, 3.63) is 30.3 Å². The van der Waals surface area contributed by atoms with Crippen molar-refractivity contribution < 1.29 is 17.9 Å². The van der Waals surface area contributed by atoms with Gasteiger partial charge in [0.25, 0.3) is 6.43 Å². The molecule has 72 valence electrons. The van der Waals surface area contributed by atoms with E-state index in [2.05, 4.69) is 0 Å². The number of alkyl halides is 3. The summed E-state index contributed by atoms with van der Waals surface area (Å²) in [6.45, 7) is -0.609. The fraction of sp³-hybridized carbons (Fsp3) is 0.333. The molecule has 0 aliphatic heterocycles. The molecular formula is C9H9F3O. The third-order valence-corrected chi connectivity index (χ3v) is 1.43. The van der Waals surface area contributed by atoms with E-state index >= 15 is 0 Å². The largest absolute Gasteiger partial charge is 0.490 e. The molecule has 0 fully saturated rings. The summed E-state index contributed by atoms with van der Waals surface area (Å²) in [4.78, 5) is 0. The second kappa shape index (κ2) is 4.74. The van der Waals surface area contributed by atoms with Crippen molar-refractivity contribution in [3.63, 3.8) is 0 Å². The van der Waals surface area contributed by atoms with Crippen LogP contribution >= 0.6 is 0 Å². The highest BCUT2D eigenvalue weighted by Crippen LogP contribution is 2.11. The third kappa shape index (κ3) is 3.36. The van der Waals surface area contributed by atoms with Gasteiger partial charge in [-0.1, -0.05) is 18.2 Å². The zero-order chi connectivity index (χ0) is 9.68. The summed E-state index contributed by atoms with van der Waals surface area (Å²) in [5.74, 6) is 0.394. The molecule has 0 bridgehead atoms. The van der Waals surface area contributed by atoms with E-state index < -0.39 is 19.2 Å². The van der Waals surface area contributed by atoms with Gasteiger partial charge in [0.2, 0.25) is 0 Å². The monoisotopic (exact) mass is 190 g/mol. The van der Waals surface area contributed by atoms with Gasteiger partial charge < -0.3 is 4.74 Å². The molecule has 0 aromatic heterocycles. The van der Waals surface area contributed by atoms with Crippen LogP contribution in [0, 0.1) is 0 Å². The number of rotatable bonds is 4. The van der Waals surface area contributed by atoms with Crippen LogP contribution in [0.15, 0.2) is 30.3 Å². The Bertz CT molecular complexity index is 238. The molecule has 0 amide bonds. The number of halogens is 3. The van der Waals surface area contributed by atoms with Crippen molar-refractivity contribution in [3.8, 4) is 5.75 Å². The van der Waals surface area contributed by atoms with E-state index in [4.69, 9.17) is 4.74 Å². The van der Waals surface area contributed by atoms with Crippen LogP contribution in [0.2, 0.25) is 0 Å². The van der Waals surface area contributed by atoms with Gasteiger partial charge in [-0.25, -0.2) is 13.2 Å². The minimum absolute atomic E-state index is 0.394. The zero-order valence-corrected chi connectivity index (χ0v) is 6.79. The van der Waals surface area contributed by atoms with E-state index in [0.29, 0.717) is 5.75 Å². The number of benzene rings is 1. The van der Waals surface area contributed by atoms with Crippen LogP contribution < -0.4 is 4.74 Å². The lowest BCUT2D eigenvalue weighted by molar-refractivity contribution is 0.0231. The van der Waals surface area contributed by atoms with E-state index in [1.165, 1.54) is 0 Å². The molecule has 4 heteroatoms. The van der Waals surface area contributed by atoms with Gasteiger partial charge in [-0.05, 0) is 12.1 Å². The second-order valence-electron chi connectivity index (χ2n) is 2.47.